The fourth-order valence-electron chi connectivity index (χ4n) is 1.72. The van der Waals surface area contributed by atoms with Gasteiger partial charge < -0.3 is 4.84 Å². The molecule has 0 amide bonds. The van der Waals surface area contributed by atoms with E-state index in [4.69, 9.17) is 39.6 Å². The Bertz CT molecular complexity index is 436. The van der Waals surface area contributed by atoms with E-state index in [-0.39, 0.29) is 6.04 Å². The van der Waals surface area contributed by atoms with E-state index in [1.54, 1.807) is 5.06 Å². The van der Waals surface area contributed by atoms with E-state index >= 15 is 0 Å². The Morgan fingerprint density at radius 1 is 1.18 bits per heavy atom. The summed E-state index contributed by atoms with van der Waals surface area (Å²) in [5.41, 5.74) is 0.988. The number of halogens is 3. The van der Waals surface area contributed by atoms with Gasteiger partial charge in [0.15, 0.2) is 0 Å². The second-order valence-corrected chi connectivity index (χ2v) is 6.10. The summed E-state index contributed by atoms with van der Waals surface area (Å²) < 4.78 is 0. The van der Waals surface area contributed by atoms with Crippen molar-refractivity contribution in [3.8, 4) is 0 Å². The van der Waals surface area contributed by atoms with Crippen molar-refractivity contribution in [1.29, 1.82) is 0 Å². The van der Waals surface area contributed by atoms with Crippen molar-refractivity contribution >= 4 is 34.8 Å². The summed E-state index contributed by atoms with van der Waals surface area (Å²) in [5, 5.41) is 2.94. The van der Waals surface area contributed by atoms with Gasteiger partial charge in [-0.1, -0.05) is 46.9 Å². The van der Waals surface area contributed by atoms with Crippen LogP contribution in [0.25, 0.3) is 0 Å². The molecule has 0 bridgehead atoms. The number of hydroxylamine groups is 2. The van der Waals surface area contributed by atoms with E-state index in [0.29, 0.717) is 10.1 Å². The number of alkyl halides is 1. The maximum Gasteiger partial charge on any atom is 0.128 e. The average Bonchev–Trinajstić information content (AvgIpc) is 2.61. The molecule has 0 radical (unpaired) electrons. The number of hydrogen-bond acceptors (Lipinski definition) is 2. The van der Waals surface area contributed by atoms with E-state index in [9.17, 15) is 0 Å². The maximum atomic E-state index is 6.26. The lowest BCUT2D eigenvalue weighted by Crippen LogP contribution is -2.38. The summed E-state index contributed by atoms with van der Waals surface area (Å²) in [5.74, 6) is 0. The van der Waals surface area contributed by atoms with Crippen molar-refractivity contribution in [2.24, 2.45) is 0 Å². The molecule has 2 rings (SSSR count). The molecular weight excluding hydrogens is 280 g/mol. The van der Waals surface area contributed by atoms with Gasteiger partial charge >= 0.3 is 0 Å². The minimum atomic E-state index is -0.655. The molecule has 0 aliphatic carbocycles. The number of nitrogens with zero attached hydrogens (tertiary/aromatic N) is 1. The first-order valence-corrected chi connectivity index (χ1v) is 6.29. The molecule has 0 saturated carbocycles. The lowest BCUT2D eigenvalue weighted by atomic mass is 10.1. The van der Waals surface area contributed by atoms with Crippen LogP contribution in [0, 0.1) is 0 Å². The van der Waals surface area contributed by atoms with Crippen LogP contribution in [0.4, 0.5) is 0 Å². The Kier molecular flexibility index (Phi) is 3.60. The molecule has 5 heteroatoms. The molecule has 1 aromatic carbocycles. The topological polar surface area (TPSA) is 12.5 Å². The Labute approximate surface area is 116 Å². The van der Waals surface area contributed by atoms with Crippen LogP contribution < -0.4 is 0 Å². The highest BCUT2D eigenvalue weighted by Gasteiger charge is 2.39. The van der Waals surface area contributed by atoms with Gasteiger partial charge in [-0.3, -0.25) is 0 Å². The molecule has 1 atom stereocenters. The third-order valence-corrected chi connectivity index (χ3v) is 3.20. The molecule has 2 nitrogen and oxygen atoms in total. The van der Waals surface area contributed by atoms with Crippen LogP contribution in [-0.2, 0) is 4.84 Å². The predicted octanol–water partition coefficient (Wildman–Crippen LogP) is 4.68. The van der Waals surface area contributed by atoms with Gasteiger partial charge in [0.25, 0.3) is 0 Å². The van der Waals surface area contributed by atoms with Gasteiger partial charge in [0.1, 0.15) is 17.3 Å². The van der Waals surface area contributed by atoms with Crippen molar-refractivity contribution < 1.29 is 4.84 Å². The molecule has 0 saturated heterocycles. The molecule has 17 heavy (non-hydrogen) atoms. The number of benzene rings is 1. The Balaban J connectivity index is 2.34. The molecule has 1 unspecified atom stereocenters. The molecule has 0 fully saturated rings. The van der Waals surface area contributed by atoms with Crippen LogP contribution in [-0.4, -0.2) is 10.1 Å². The van der Waals surface area contributed by atoms with Crippen molar-refractivity contribution in [1.82, 2.24) is 5.06 Å². The summed E-state index contributed by atoms with van der Waals surface area (Å²) in [7, 11) is 0. The summed E-state index contributed by atoms with van der Waals surface area (Å²) in [6.45, 7) is 3.70. The quantitative estimate of drug-likeness (QED) is 0.579. The van der Waals surface area contributed by atoms with Gasteiger partial charge in [-0.2, -0.15) is 0 Å². The Morgan fingerprint density at radius 3 is 2.29 bits per heavy atom. The molecule has 0 spiro atoms. The zero-order valence-electron chi connectivity index (χ0n) is 9.45. The van der Waals surface area contributed by atoms with Gasteiger partial charge in [0.2, 0.25) is 0 Å². The van der Waals surface area contributed by atoms with Crippen LogP contribution in [0.2, 0.25) is 5.02 Å². The van der Waals surface area contributed by atoms with E-state index in [0.717, 1.165) is 5.56 Å². The van der Waals surface area contributed by atoms with Gasteiger partial charge in [-0.05, 0) is 31.5 Å². The Hall–Kier alpha value is -0.410. The molecule has 92 valence electrons. The van der Waals surface area contributed by atoms with Gasteiger partial charge in [-0.25, -0.2) is 0 Å². The van der Waals surface area contributed by atoms with Crippen molar-refractivity contribution in [2.75, 3.05) is 0 Å². The lowest BCUT2D eigenvalue weighted by molar-refractivity contribution is -0.145. The third kappa shape index (κ3) is 2.71. The zero-order chi connectivity index (χ0) is 12.6. The Morgan fingerprint density at radius 2 is 1.76 bits per heavy atom. The van der Waals surface area contributed by atoms with Crippen LogP contribution in [0.1, 0.15) is 25.5 Å². The van der Waals surface area contributed by atoms with Crippen LogP contribution in [0.15, 0.2) is 35.6 Å². The van der Waals surface area contributed by atoms with Crippen LogP contribution >= 0.6 is 34.8 Å². The predicted molar refractivity (Wildman–Crippen MR) is 71.0 cm³/mol. The number of rotatable bonds is 2. The van der Waals surface area contributed by atoms with E-state index < -0.39 is 5.00 Å². The van der Waals surface area contributed by atoms with Gasteiger partial charge in [0, 0.05) is 5.02 Å². The molecule has 0 N–H and O–H groups in total. The minimum absolute atomic E-state index is 0.193. The minimum Gasteiger partial charge on any atom is -0.410 e. The highest BCUT2D eigenvalue weighted by Crippen LogP contribution is 2.42. The normalized spacial score (nSPS) is 21.2. The molecule has 1 aromatic rings. The fourth-order valence-corrected chi connectivity index (χ4v) is 2.23. The van der Waals surface area contributed by atoms with Crippen LogP contribution in [0.5, 0.6) is 0 Å². The second kappa shape index (κ2) is 4.69. The first kappa shape index (κ1) is 13.0. The standard InChI is InChI=1S/C12H12Cl3NO/c1-12(2,15)16-11(10(14)7-17-16)8-3-5-9(13)6-4-8/h3-7,11H,1-2H3. The molecular formula is C12H12Cl3NO. The van der Waals surface area contributed by atoms with E-state index in [1.807, 2.05) is 38.1 Å². The largest absolute Gasteiger partial charge is 0.410 e. The summed E-state index contributed by atoms with van der Waals surface area (Å²) >= 11 is 18.3. The maximum absolute atomic E-state index is 6.26. The summed E-state index contributed by atoms with van der Waals surface area (Å²) in [6, 6.07) is 7.26. The van der Waals surface area contributed by atoms with E-state index in [2.05, 4.69) is 0 Å². The monoisotopic (exact) mass is 291 g/mol. The molecule has 1 aliphatic heterocycles. The average molecular weight is 293 g/mol. The van der Waals surface area contributed by atoms with Crippen molar-refractivity contribution in [3.63, 3.8) is 0 Å². The van der Waals surface area contributed by atoms with Gasteiger partial charge in [-0.15, -0.1) is 5.06 Å². The lowest BCUT2D eigenvalue weighted by Gasteiger charge is -2.32. The zero-order valence-corrected chi connectivity index (χ0v) is 11.7. The van der Waals surface area contributed by atoms with Crippen molar-refractivity contribution in [2.45, 2.75) is 24.9 Å². The second-order valence-electron chi connectivity index (χ2n) is 4.30. The van der Waals surface area contributed by atoms with Gasteiger partial charge in [0.05, 0.1) is 5.03 Å². The molecule has 1 heterocycles. The van der Waals surface area contributed by atoms with E-state index in [1.165, 1.54) is 6.26 Å². The third-order valence-electron chi connectivity index (χ3n) is 2.48. The summed E-state index contributed by atoms with van der Waals surface area (Å²) in [6.07, 6.45) is 1.50. The molecule has 0 aromatic heterocycles. The smallest absolute Gasteiger partial charge is 0.128 e. The highest BCUT2D eigenvalue weighted by molar-refractivity contribution is 6.31. The first-order valence-electron chi connectivity index (χ1n) is 5.15. The fraction of sp³-hybridized carbons (Fsp3) is 0.333. The summed E-state index contributed by atoms with van der Waals surface area (Å²) in [4.78, 5) is 4.75. The van der Waals surface area contributed by atoms with Crippen LogP contribution in [0.3, 0.4) is 0 Å². The first-order chi connectivity index (χ1) is 7.89. The number of hydrogen-bond donors (Lipinski definition) is 0. The SMILES string of the molecule is CC(C)(Cl)N1OC=C(Cl)C1c1ccc(Cl)cc1. The highest BCUT2D eigenvalue weighted by atomic mass is 35.5. The van der Waals surface area contributed by atoms with Crippen molar-refractivity contribution in [3.05, 3.63) is 46.1 Å². The molecule has 1 aliphatic rings.